The molecule has 1 rings (SSSR count). The van der Waals surface area contributed by atoms with E-state index in [9.17, 15) is 0 Å². The molecule has 0 saturated carbocycles. The Bertz CT molecular complexity index is 171. The van der Waals surface area contributed by atoms with Crippen LogP contribution >= 0.6 is 22.6 Å². The molecule has 1 aromatic rings. The van der Waals surface area contributed by atoms with Crippen molar-refractivity contribution >= 4 is 22.6 Å². The van der Waals surface area contributed by atoms with E-state index in [4.69, 9.17) is 0 Å². The fourth-order valence-electron chi connectivity index (χ4n) is 0.612. The van der Waals surface area contributed by atoms with Crippen molar-refractivity contribution < 1.29 is 0 Å². The Morgan fingerprint density at radius 1 is 1.50 bits per heavy atom. The highest BCUT2D eigenvalue weighted by Gasteiger charge is 1.93. The molecule has 1 aromatic heterocycles. The van der Waals surface area contributed by atoms with Gasteiger partial charge in [-0.25, -0.2) is 0 Å². The number of hydrogen-bond acceptors (Lipinski definition) is 0. The minimum atomic E-state index is 1.22. The molecule has 0 fully saturated rings. The van der Waals surface area contributed by atoms with Crippen LogP contribution in [0.25, 0.3) is 0 Å². The lowest BCUT2D eigenvalue weighted by Crippen LogP contribution is -1.71. The van der Waals surface area contributed by atoms with Crippen molar-refractivity contribution in [3.63, 3.8) is 0 Å². The van der Waals surface area contributed by atoms with Crippen molar-refractivity contribution in [1.29, 1.82) is 0 Å². The lowest BCUT2D eigenvalue weighted by atomic mass is 10.3. The predicted octanol–water partition coefficient (Wildman–Crippen LogP) is 2.24. The summed E-state index contributed by atoms with van der Waals surface area (Å²) in [7, 11) is 0. The number of rotatable bonds is 0. The number of halogens is 1. The summed E-state index contributed by atoms with van der Waals surface area (Å²) in [6.07, 6.45) is 0. The van der Waals surface area contributed by atoms with Crippen LogP contribution in [0.5, 0.6) is 0 Å². The summed E-state index contributed by atoms with van der Waals surface area (Å²) < 4.78 is 1.22. The highest BCUT2D eigenvalue weighted by Crippen LogP contribution is 2.09. The first-order valence-corrected chi connectivity index (χ1v) is 3.60. The molecule has 0 amide bonds. The molecule has 0 atom stereocenters. The standard InChI is InChI=1S/C6H8IN/c1-4-3-6(7)8-5(4)2/h3,8H,1-2H3. The molecule has 0 aliphatic carbocycles. The summed E-state index contributed by atoms with van der Waals surface area (Å²) >= 11 is 2.27. The van der Waals surface area contributed by atoms with Gasteiger partial charge in [0.05, 0.1) is 3.70 Å². The molecule has 0 radical (unpaired) electrons. The first kappa shape index (κ1) is 6.13. The van der Waals surface area contributed by atoms with E-state index in [1.807, 2.05) is 0 Å². The van der Waals surface area contributed by atoms with Gasteiger partial charge in [-0.15, -0.1) is 0 Å². The number of hydrogen-bond donors (Lipinski definition) is 1. The Balaban J connectivity index is 3.14. The molecule has 0 saturated heterocycles. The molecule has 0 aliphatic rings. The van der Waals surface area contributed by atoms with Gasteiger partial charge in [0.15, 0.2) is 0 Å². The molecule has 1 nitrogen and oxygen atoms in total. The number of aromatic nitrogens is 1. The van der Waals surface area contributed by atoms with Gasteiger partial charge in [0, 0.05) is 5.69 Å². The van der Waals surface area contributed by atoms with Gasteiger partial charge < -0.3 is 4.98 Å². The van der Waals surface area contributed by atoms with Crippen LogP contribution in [-0.4, -0.2) is 4.98 Å². The van der Waals surface area contributed by atoms with Gasteiger partial charge in [-0.2, -0.15) is 0 Å². The normalized spacial score (nSPS) is 9.88. The largest absolute Gasteiger partial charge is 0.354 e. The maximum absolute atomic E-state index is 3.19. The van der Waals surface area contributed by atoms with Crippen molar-refractivity contribution in [3.8, 4) is 0 Å². The van der Waals surface area contributed by atoms with E-state index in [0.717, 1.165) is 0 Å². The summed E-state index contributed by atoms with van der Waals surface area (Å²) in [4.78, 5) is 3.19. The van der Waals surface area contributed by atoms with E-state index in [1.165, 1.54) is 15.0 Å². The molecule has 0 spiro atoms. The van der Waals surface area contributed by atoms with Gasteiger partial charge in [0.25, 0.3) is 0 Å². The molecule has 1 N–H and O–H groups in total. The average Bonchev–Trinajstić information content (AvgIpc) is 1.85. The predicted molar refractivity (Wildman–Crippen MR) is 43.0 cm³/mol. The molecule has 8 heavy (non-hydrogen) atoms. The van der Waals surface area contributed by atoms with Crippen LogP contribution in [0.1, 0.15) is 11.3 Å². The first-order valence-electron chi connectivity index (χ1n) is 2.52. The summed E-state index contributed by atoms with van der Waals surface area (Å²) in [5.74, 6) is 0. The smallest absolute Gasteiger partial charge is 0.0776 e. The third-order valence-corrected chi connectivity index (χ3v) is 1.82. The third-order valence-electron chi connectivity index (χ3n) is 1.24. The quantitative estimate of drug-likeness (QED) is 0.646. The van der Waals surface area contributed by atoms with Gasteiger partial charge in [-0.05, 0) is 48.1 Å². The van der Waals surface area contributed by atoms with Gasteiger partial charge in [-0.1, -0.05) is 0 Å². The Hall–Kier alpha value is 0.01000. The minimum Gasteiger partial charge on any atom is -0.354 e. The van der Waals surface area contributed by atoms with Crippen molar-refractivity contribution in [1.82, 2.24) is 4.98 Å². The molecule has 1 heterocycles. The second kappa shape index (κ2) is 2.09. The molecular weight excluding hydrogens is 213 g/mol. The van der Waals surface area contributed by atoms with Crippen LogP contribution < -0.4 is 0 Å². The van der Waals surface area contributed by atoms with E-state index >= 15 is 0 Å². The zero-order valence-electron chi connectivity index (χ0n) is 4.96. The molecule has 2 heteroatoms. The maximum Gasteiger partial charge on any atom is 0.0776 e. The van der Waals surface area contributed by atoms with Crippen molar-refractivity contribution in [2.75, 3.05) is 0 Å². The monoisotopic (exact) mass is 221 g/mol. The second-order valence-corrected chi connectivity index (χ2v) is 3.09. The van der Waals surface area contributed by atoms with Gasteiger partial charge in [-0.3, -0.25) is 0 Å². The number of H-pyrrole nitrogens is 1. The summed E-state index contributed by atoms with van der Waals surface area (Å²) in [5.41, 5.74) is 2.61. The maximum atomic E-state index is 3.19. The van der Waals surface area contributed by atoms with Crippen LogP contribution in [0.4, 0.5) is 0 Å². The average molecular weight is 221 g/mol. The van der Waals surface area contributed by atoms with Gasteiger partial charge in [0.1, 0.15) is 0 Å². The van der Waals surface area contributed by atoms with E-state index in [1.54, 1.807) is 0 Å². The lowest BCUT2D eigenvalue weighted by molar-refractivity contribution is 1.21. The van der Waals surface area contributed by atoms with Crippen molar-refractivity contribution in [3.05, 3.63) is 21.0 Å². The molecule has 0 unspecified atom stereocenters. The zero-order chi connectivity index (χ0) is 6.15. The van der Waals surface area contributed by atoms with Crippen LogP contribution in [0.15, 0.2) is 6.07 Å². The number of nitrogens with one attached hydrogen (secondary N) is 1. The topological polar surface area (TPSA) is 15.8 Å². The Morgan fingerprint density at radius 3 is 2.25 bits per heavy atom. The molecular formula is C6H8IN. The zero-order valence-corrected chi connectivity index (χ0v) is 7.11. The highest BCUT2D eigenvalue weighted by molar-refractivity contribution is 14.1. The number of aromatic amines is 1. The van der Waals surface area contributed by atoms with E-state index in [-0.39, 0.29) is 0 Å². The van der Waals surface area contributed by atoms with Crippen LogP contribution in [0.3, 0.4) is 0 Å². The van der Waals surface area contributed by atoms with Crippen LogP contribution in [-0.2, 0) is 0 Å². The van der Waals surface area contributed by atoms with Crippen LogP contribution in [0, 0.1) is 17.5 Å². The van der Waals surface area contributed by atoms with Crippen molar-refractivity contribution in [2.45, 2.75) is 13.8 Å². The van der Waals surface area contributed by atoms with Gasteiger partial charge >= 0.3 is 0 Å². The first-order chi connectivity index (χ1) is 3.70. The molecule has 0 aromatic carbocycles. The second-order valence-electron chi connectivity index (χ2n) is 1.93. The number of aryl methyl sites for hydroxylation is 2. The fourth-order valence-corrected chi connectivity index (χ4v) is 1.48. The Kier molecular flexibility index (Phi) is 1.60. The van der Waals surface area contributed by atoms with Crippen LogP contribution in [0.2, 0.25) is 0 Å². The van der Waals surface area contributed by atoms with E-state index in [0.29, 0.717) is 0 Å². The molecule has 44 valence electrons. The van der Waals surface area contributed by atoms with E-state index < -0.39 is 0 Å². The summed E-state index contributed by atoms with van der Waals surface area (Å²) in [5, 5.41) is 0. The summed E-state index contributed by atoms with van der Waals surface area (Å²) in [6.45, 7) is 4.19. The molecule has 0 aliphatic heterocycles. The van der Waals surface area contributed by atoms with Crippen molar-refractivity contribution in [2.24, 2.45) is 0 Å². The fraction of sp³-hybridized carbons (Fsp3) is 0.333. The Labute approximate surface area is 62.6 Å². The summed E-state index contributed by atoms with van der Waals surface area (Å²) in [6, 6.07) is 2.13. The Morgan fingerprint density at radius 2 is 2.12 bits per heavy atom. The lowest BCUT2D eigenvalue weighted by Gasteiger charge is -1.81. The van der Waals surface area contributed by atoms with E-state index in [2.05, 4.69) is 47.5 Å². The van der Waals surface area contributed by atoms with Gasteiger partial charge in [0.2, 0.25) is 0 Å². The third kappa shape index (κ3) is 1.05. The minimum absolute atomic E-state index is 1.22. The molecule has 0 bridgehead atoms. The SMILES string of the molecule is Cc1cc(I)[nH]c1C. The highest BCUT2D eigenvalue weighted by atomic mass is 127.